The minimum Gasteiger partial charge on any atom is -0.362 e. The average molecular weight is 298 g/mol. The Morgan fingerprint density at radius 3 is 2.43 bits per heavy atom. The molecular weight excluding hydrogens is 282 g/mol. The van der Waals surface area contributed by atoms with Crippen LogP contribution in [-0.4, -0.2) is 9.97 Å². The van der Waals surface area contributed by atoms with Gasteiger partial charge in [0.2, 0.25) is 0 Å². The van der Waals surface area contributed by atoms with Crippen molar-refractivity contribution in [3.8, 4) is 0 Å². The molecule has 0 radical (unpaired) electrons. The van der Waals surface area contributed by atoms with E-state index in [1.165, 1.54) is 0 Å². The molecule has 3 aromatic rings. The van der Waals surface area contributed by atoms with Gasteiger partial charge in [-0.2, -0.15) is 0 Å². The molecule has 0 aliphatic heterocycles. The lowest BCUT2D eigenvalue weighted by atomic mass is 10.1. The maximum absolute atomic E-state index is 6.05. The Labute approximate surface area is 129 Å². The average Bonchev–Trinajstić information content (AvgIpc) is 2.48. The monoisotopic (exact) mass is 297 g/mol. The van der Waals surface area contributed by atoms with Gasteiger partial charge in [-0.15, -0.1) is 0 Å². The summed E-state index contributed by atoms with van der Waals surface area (Å²) < 4.78 is 0. The van der Waals surface area contributed by atoms with Crippen LogP contribution in [0, 0.1) is 6.92 Å². The molecule has 3 nitrogen and oxygen atoms in total. The topological polar surface area (TPSA) is 37.8 Å². The van der Waals surface area contributed by atoms with Gasteiger partial charge in [-0.1, -0.05) is 35.9 Å². The number of para-hydroxylation sites is 2. The van der Waals surface area contributed by atoms with Gasteiger partial charge in [0, 0.05) is 5.02 Å². The first-order valence-corrected chi connectivity index (χ1v) is 7.26. The molecular formula is C17H16ClN3. The van der Waals surface area contributed by atoms with Crippen molar-refractivity contribution in [2.24, 2.45) is 0 Å². The normalized spacial score (nSPS) is 12.3. The fourth-order valence-electron chi connectivity index (χ4n) is 2.29. The van der Waals surface area contributed by atoms with Crippen molar-refractivity contribution in [2.75, 3.05) is 5.32 Å². The molecule has 0 amide bonds. The van der Waals surface area contributed by atoms with Gasteiger partial charge in [0.15, 0.2) is 0 Å². The van der Waals surface area contributed by atoms with Crippen molar-refractivity contribution < 1.29 is 0 Å². The second-order valence-electron chi connectivity index (χ2n) is 5.07. The molecule has 0 fully saturated rings. The summed E-state index contributed by atoms with van der Waals surface area (Å²) >= 11 is 6.05. The van der Waals surface area contributed by atoms with E-state index in [0.717, 1.165) is 33.1 Å². The molecule has 3 rings (SSSR count). The molecule has 0 aliphatic carbocycles. The number of hydrogen-bond donors (Lipinski definition) is 1. The van der Waals surface area contributed by atoms with Gasteiger partial charge < -0.3 is 5.32 Å². The summed E-state index contributed by atoms with van der Waals surface area (Å²) in [6.07, 6.45) is 0. The number of aryl methyl sites for hydroxylation is 1. The molecule has 0 saturated carbocycles. The fourth-order valence-corrected chi connectivity index (χ4v) is 2.49. The van der Waals surface area contributed by atoms with Crippen molar-refractivity contribution in [3.63, 3.8) is 0 Å². The van der Waals surface area contributed by atoms with Crippen molar-refractivity contribution in [2.45, 2.75) is 19.9 Å². The van der Waals surface area contributed by atoms with E-state index < -0.39 is 0 Å². The Morgan fingerprint density at radius 2 is 1.71 bits per heavy atom. The number of benzene rings is 2. The summed E-state index contributed by atoms with van der Waals surface area (Å²) in [5.74, 6) is 0.807. The lowest BCUT2D eigenvalue weighted by Crippen LogP contribution is -2.10. The van der Waals surface area contributed by atoms with Crippen LogP contribution in [-0.2, 0) is 0 Å². The summed E-state index contributed by atoms with van der Waals surface area (Å²) in [5, 5.41) is 4.15. The molecule has 1 aromatic heterocycles. The predicted molar refractivity (Wildman–Crippen MR) is 87.8 cm³/mol. The smallest absolute Gasteiger partial charge is 0.148 e. The highest BCUT2D eigenvalue weighted by Gasteiger charge is 2.10. The number of anilines is 1. The lowest BCUT2D eigenvalue weighted by molar-refractivity contribution is 0.870. The standard InChI is InChI=1S/C17H16ClN3/c1-11(13-6-5-7-14(18)10-13)20-17-12(2)19-15-8-3-4-9-16(15)21-17/h3-11H,1-2H3,(H,20,21). The van der Waals surface area contributed by atoms with Crippen LogP contribution in [0.25, 0.3) is 11.0 Å². The zero-order valence-corrected chi connectivity index (χ0v) is 12.7. The molecule has 1 heterocycles. The Morgan fingerprint density at radius 1 is 1.00 bits per heavy atom. The van der Waals surface area contributed by atoms with Gasteiger partial charge >= 0.3 is 0 Å². The summed E-state index contributed by atoms with van der Waals surface area (Å²) in [5.41, 5.74) is 3.82. The van der Waals surface area contributed by atoms with Crippen LogP contribution in [0.15, 0.2) is 48.5 Å². The van der Waals surface area contributed by atoms with Crippen LogP contribution in [0.4, 0.5) is 5.82 Å². The van der Waals surface area contributed by atoms with E-state index in [1.807, 2.05) is 55.5 Å². The molecule has 1 N–H and O–H groups in total. The van der Waals surface area contributed by atoms with E-state index in [4.69, 9.17) is 11.6 Å². The van der Waals surface area contributed by atoms with Crippen LogP contribution in [0.5, 0.6) is 0 Å². The minimum absolute atomic E-state index is 0.109. The van der Waals surface area contributed by atoms with Gasteiger partial charge in [-0.3, -0.25) is 0 Å². The summed E-state index contributed by atoms with van der Waals surface area (Å²) in [7, 11) is 0. The predicted octanol–water partition coefficient (Wildman–Crippen LogP) is 4.76. The van der Waals surface area contributed by atoms with Gasteiger partial charge in [0.25, 0.3) is 0 Å². The quantitative estimate of drug-likeness (QED) is 0.757. The van der Waals surface area contributed by atoms with Crippen LogP contribution in [0.1, 0.15) is 24.2 Å². The highest BCUT2D eigenvalue weighted by molar-refractivity contribution is 6.30. The summed E-state index contributed by atoms with van der Waals surface area (Å²) in [6, 6.07) is 15.8. The van der Waals surface area contributed by atoms with Crippen molar-refractivity contribution >= 4 is 28.5 Å². The first-order valence-electron chi connectivity index (χ1n) is 6.89. The SMILES string of the molecule is Cc1nc2ccccc2nc1NC(C)c1cccc(Cl)c1. The third-order valence-electron chi connectivity index (χ3n) is 3.45. The van der Waals surface area contributed by atoms with Gasteiger partial charge in [0.05, 0.1) is 22.8 Å². The number of aromatic nitrogens is 2. The second-order valence-corrected chi connectivity index (χ2v) is 5.50. The number of hydrogen-bond acceptors (Lipinski definition) is 3. The number of nitrogens with zero attached hydrogens (tertiary/aromatic N) is 2. The molecule has 0 aliphatic rings. The highest BCUT2D eigenvalue weighted by Crippen LogP contribution is 2.23. The highest BCUT2D eigenvalue weighted by atomic mass is 35.5. The molecule has 0 spiro atoms. The summed E-state index contributed by atoms with van der Waals surface area (Å²) in [4.78, 5) is 9.24. The summed E-state index contributed by atoms with van der Waals surface area (Å²) in [6.45, 7) is 4.05. The van der Waals surface area contributed by atoms with E-state index >= 15 is 0 Å². The van der Waals surface area contributed by atoms with Crippen LogP contribution in [0.3, 0.4) is 0 Å². The third kappa shape index (κ3) is 2.98. The van der Waals surface area contributed by atoms with Crippen LogP contribution in [0.2, 0.25) is 5.02 Å². The fraction of sp³-hybridized carbons (Fsp3) is 0.176. The minimum atomic E-state index is 0.109. The molecule has 1 unspecified atom stereocenters. The first kappa shape index (κ1) is 13.8. The van der Waals surface area contributed by atoms with Crippen molar-refractivity contribution in [1.29, 1.82) is 0 Å². The number of fused-ring (bicyclic) bond motifs is 1. The molecule has 0 bridgehead atoms. The van der Waals surface area contributed by atoms with Crippen LogP contribution >= 0.6 is 11.6 Å². The van der Waals surface area contributed by atoms with Gasteiger partial charge in [0.1, 0.15) is 5.82 Å². The first-order chi connectivity index (χ1) is 10.1. The maximum Gasteiger partial charge on any atom is 0.148 e. The molecule has 1 atom stereocenters. The van der Waals surface area contributed by atoms with E-state index in [0.29, 0.717) is 0 Å². The Balaban J connectivity index is 1.92. The molecule has 106 valence electrons. The lowest BCUT2D eigenvalue weighted by Gasteiger charge is -2.17. The van der Waals surface area contributed by atoms with Crippen molar-refractivity contribution in [1.82, 2.24) is 9.97 Å². The van der Waals surface area contributed by atoms with Crippen LogP contribution < -0.4 is 5.32 Å². The Hall–Kier alpha value is -2.13. The Bertz CT molecular complexity index is 786. The van der Waals surface area contributed by atoms with E-state index in [-0.39, 0.29) is 6.04 Å². The van der Waals surface area contributed by atoms with Crippen molar-refractivity contribution in [3.05, 3.63) is 64.8 Å². The van der Waals surface area contributed by atoms with Gasteiger partial charge in [-0.25, -0.2) is 9.97 Å². The second kappa shape index (κ2) is 5.70. The number of nitrogens with one attached hydrogen (secondary N) is 1. The maximum atomic E-state index is 6.05. The molecule has 4 heteroatoms. The number of rotatable bonds is 3. The molecule has 2 aromatic carbocycles. The van der Waals surface area contributed by atoms with Gasteiger partial charge in [-0.05, 0) is 43.7 Å². The molecule has 0 saturated heterocycles. The van der Waals surface area contributed by atoms with E-state index in [1.54, 1.807) is 0 Å². The van der Waals surface area contributed by atoms with E-state index in [9.17, 15) is 0 Å². The van der Waals surface area contributed by atoms with E-state index in [2.05, 4.69) is 22.2 Å². The number of halogens is 1. The Kier molecular flexibility index (Phi) is 3.76. The largest absolute Gasteiger partial charge is 0.362 e. The third-order valence-corrected chi connectivity index (χ3v) is 3.68. The zero-order valence-electron chi connectivity index (χ0n) is 12.0. The molecule has 21 heavy (non-hydrogen) atoms. The zero-order chi connectivity index (χ0) is 14.8.